The first-order valence-corrected chi connectivity index (χ1v) is 6.91. The van der Waals surface area contributed by atoms with Crippen molar-refractivity contribution < 1.29 is 9.53 Å². The number of methoxy groups -OCH3 is 1. The summed E-state index contributed by atoms with van der Waals surface area (Å²) in [7, 11) is 1.73. The number of aromatic nitrogens is 1. The second-order valence-corrected chi connectivity index (χ2v) is 5.35. The van der Waals surface area contributed by atoms with E-state index in [1.807, 2.05) is 17.0 Å². The van der Waals surface area contributed by atoms with Gasteiger partial charge in [0.25, 0.3) is 5.91 Å². The van der Waals surface area contributed by atoms with Gasteiger partial charge in [0.1, 0.15) is 10.3 Å². The molecule has 1 aromatic heterocycles. The van der Waals surface area contributed by atoms with Crippen molar-refractivity contribution in [1.82, 2.24) is 9.88 Å². The minimum Gasteiger partial charge on any atom is -0.384 e. The van der Waals surface area contributed by atoms with E-state index in [1.165, 1.54) is 0 Å². The highest BCUT2D eigenvalue weighted by Gasteiger charge is 2.24. The molecule has 0 saturated carbocycles. The summed E-state index contributed by atoms with van der Waals surface area (Å²) in [6, 6.07) is 5.41. The van der Waals surface area contributed by atoms with Crippen molar-refractivity contribution >= 4 is 21.8 Å². The first-order chi connectivity index (χ1) is 8.70. The van der Waals surface area contributed by atoms with Crippen LogP contribution in [0.2, 0.25) is 0 Å². The minimum atomic E-state index is 0.0205. The van der Waals surface area contributed by atoms with Crippen LogP contribution >= 0.6 is 15.9 Å². The normalized spacial score (nSPS) is 16.9. The average Bonchev–Trinajstić information content (AvgIpc) is 2.39. The van der Waals surface area contributed by atoms with E-state index in [2.05, 4.69) is 20.9 Å². The van der Waals surface area contributed by atoms with Crippen LogP contribution in [0.25, 0.3) is 0 Å². The van der Waals surface area contributed by atoms with E-state index in [9.17, 15) is 4.79 Å². The molecule has 98 valence electrons. The summed E-state index contributed by atoms with van der Waals surface area (Å²) in [6.45, 7) is 2.37. The Labute approximate surface area is 115 Å². The maximum Gasteiger partial charge on any atom is 0.272 e. The molecule has 0 bridgehead atoms. The topological polar surface area (TPSA) is 42.4 Å². The Bertz CT molecular complexity index is 417. The number of likely N-dealkylation sites (tertiary alicyclic amines) is 1. The van der Waals surface area contributed by atoms with Crippen molar-refractivity contribution in [3.63, 3.8) is 0 Å². The van der Waals surface area contributed by atoms with Gasteiger partial charge in [-0.1, -0.05) is 6.07 Å². The lowest BCUT2D eigenvalue weighted by Gasteiger charge is -2.31. The molecule has 1 saturated heterocycles. The molecule has 0 spiro atoms. The number of carbonyl (C=O) groups is 1. The van der Waals surface area contributed by atoms with Gasteiger partial charge in [0.2, 0.25) is 0 Å². The minimum absolute atomic E-state index is 0.0205. The van der Waals surface area contributed by atoms with Gasteiger partial charge in [-0.05, 0) is 46.8 Å². The fourth-order valence-electron chi connectivity index (χ4n) is 2.23. The largest absolute Gasteiger partial charge is 0.384 e. The number of rotatable bonds is 3. The van der Waals surface area contributed by atoms with Crippen molar-refractivity contribution in [3.05, 3.63) is 28.5 Å². The molecule has 1 aliphatic rings. The van der Waals surface area contributed by atoms with E-state index in [1.54, 1.807) is 13.2 Å². The number of halogens is 1. The first kappa shape index (κ1) is 13.5. The van der Waals surface area contributed by atoms with E-state index in [0.717, 1.165) is 32.5 Å². The van der Waals surface area contributed by atoms with Crippen molar-refractivity contribution in [2.24, 2.45) is 5.92 Å². The number of pyridine rings is 1. The SMILES string of the molecule is COCC1CCN(C(=O)c2cccc(Br)n2)CC1. The second-order valence-electron chi connectivity index (χ2n) is 4.54. The summed E-state index contributed by atoms with van der Waals surface area (Å²) in [5.74, 6) is 0.599. The van der Waals surface area contributed by atoms with Gasteiger partial charge in [-0.2, -0.15) is 0 Å². The maximum atomic E-state index is 12.2. The number of carbonyl (C=O) groups excluding carboxylic acids is 1. The number of hydrogen-bond acceptors (Lipinski definition) is 3. The molecule has 5 heteroatoms. The van der Waals surface area contributed by atoms with E-state index < -0.39 is 0 Å². The summed E-state index contributed by atoms with van der Waals surface area (Å²) in [5, 5.41) is 0. The summed E-state index contributed by atoms with van der Waals surface area (Å²) in [5.41, 5.74) is 0.509. The summed E-state index contributed by atoms with van der Waals surface area (Å²) in [6.07, 6.45) is 2.02. The van der Waals surface area contributed by atoms with Crippen molar-refractivity contribution in [1.29, 1.82) is 0 Å². The molecule has 0 aliphatic carbocycles. The maximum absolute atomic E-state index is 12.2. The second kappa shape index (κ2) is 6.29. The summed E-state index contributed by atoms with van der Waals surface area (Å²) >= 11 is 3.29. The third-order valence-electron chi connectivity index (χ3n) is 3.24. The molecule has 2 rings (SSSR count). The molecule has 1 aliphatic heterocycles. The predicted octanol–water partition coefficient (Wildman–Crippen LogP) is 2.34. The number of nitrogens with zero attached hydrogens (tertiary/aromatic N) is 2. The Balaban J connectivity index is 1.95. The highest BCUT2D eigenvalue weighted by molar-refractivity contribution is 9.10. The lowest BCUT2D eigenvalue weighted by molar-refractivity contribution is 0.0608. The molecule has 1 amide bonds. The highest BCUT2D eigenvalue weighted by atomic mass is 79.9. The van der Waals surface area contributed by atoms with Gasteiger partial charge in [-0.15, -0.1) is 0 Å². The smallest absolute Gasteiger partial charge is 0.272 e. The fraction of sp³-hybridized carbons (Fsp3) is 0.538. The van der Waals surface area contributed by atoms with Gasteiger partial charge in [-0.25, -0.2) is 4.98 Å². The first-order valence-electron chi connectivity index (χ1n) is 6.11. The van der Waals surface area contributed by atoms with Crippen LogP contribution in [-0.2, 0) is 4.74 Å². The number of hydrogen-bond donors (Lipinski definition) is 0. The monoisotopic (exact) mass is 312 g/mol. The standard InChI is InChI=1S/C13H17BrN2O2/c1-18-9-10-5-7-16(8-6-10)13(17)11-3-2-4-12(14)15-11/h2-4,10H,5-9H2,1H3. The molecule has 0 aromatic carbocycles. The Kier molecular flexibility index (Phi) is 4.72. The van der Waals surface area contributed by atoms with Gasteiger partial charge < -0.3 is 9.64 Å². The van der Waals surface area contributed by atoms with Crippen LogP contribution in [0.3, 0.4) is 0 Å². The molecule has 1 aromatic rings. The van der Waals surface area contributed by atoms with Gasteiger partial charge in [0.15, 0.2) is 0 Å². The third-order valence-corrected chi connectivity index (χ3v) is 3.68. The lowest BCUT2D eigenvalue weighted by atomic mass is 9.97. The summed E-state index contributed by atoms with van der Waals surface area (Å²) in [4.78, 5) is 18.3. The predicted molar refractivity (Wildman–Crippen MR) is 72.4 cm³/mol. The van der Waals surface area contributed by atoms with Crippen LogP contribution < -0.4 is 0 Å². The Morgan fingerprint density at radius 2 is 2.22 bits per heavy atom. The quantitative estimate of drug-likeness (QED) is 0.805. The van der Waals surface area contributed by atoms with Gasteiger partial charge in [-0.3, -0.25) is 4.79 Å². The lowest BCUT2D eigenvalue weighted by Crippen LogP contribution is -2.39. The zero-order valence-electron chi connectivity index (χ0n) is 10.4. The molecular weight excluding hydrogens is 296 g/mol. The third kappa shape index (κ3) is 3.29. The van der Waals surface area contributed by atoms with E-state index in [-0.39, 0.29) is 5.91 Å². The van der Waals surface area contributed by atoms with Crippen LogP contribution in [0, 0.1) is 5.92 Å². The Morgan fingerprint density at radius 3 is 2.83 bits per heavy atom. The molecule has 2 heterocycles. The van der Waals surface area contributed by atoms with Crippen LogP contribution in [0.4, 0.5) is 0 Å². The Hall–Kier alpha value is -0.940. The van der Waals surface area contributed by atoms with Crippen LogP contribution in [-0.4, -0.2) is 42.6 Å². The Morgan fingerprint density at radius 1 is 1.50 bits per heavy atom. The molecule has 0 N–H and O–H groups in total. The van der Waals surface area contributed by atoms with Crippen molar-refractivity contribution in [2.45, 2.75) is 12.8 Å². The van der Waals surface area contributed by atoms with Crippen LogP contribution in [0.1, 0.15) is 23.3 Å². The fourth-order valence-corrected chi connectivity index (χ4v) is 2.57. The van der Waals surface area contributed by atoms with Gasteiger partial charge in [0.05, 0.1) is 0 Å². The van der Waals surface area contributed by atoms with Crippen LogP contribution in [0.5, 0.6) is 0 Å². The molecule has 0 atom stereocenters. The molecule has 0 radical (unpaired) electrons. The molecular formula is C13H17BrN2O2. The highest BCUT2D eigenvalue weighted by Crippen LogP contribution is 2.19. The molecule has 1 fully saturated rings. The zero-order valence-corrected chi connectivity index (χ0v) is 12.0. The molecule has 18 heavy (non-hydrogen) atoms. The number of ether oxygens (including phenoxy) is 1. The van der Waals surface area contributed by atoms with E-state index in [0.29, 0.717) is 16.2 Å². The number of amides is 1. The average molecular weight is 313 g/mol. The zero-order chi connectivity index (χ0) is 13.0. The van der Waals surface area contributed by atoms with Gasteiger partial charge >= 0.3 is 0 Å². The van der Waals surface area contributed by atoms with E-state index >= 15 is 0 Å². The van der Waals surface area contributed by atoms with Crippen molar-refractivity contribution in [3.8, 4) is 0 Å². The van der Waals surface area contributed by atoms with Gasteiger partial charge in [0, 0.05) is 26.8 Å². The van der Waals surface area contributed by atoms with Crippen molar-refractivity contribution in [2.75, 3.05) is 26.8 Å². The summed E-state index contributed by atoms with van der Waals surface area (Å²) < 4.78 is 5.85. The van der Waals surface area contributed by atoms with Crippen LogP contribution in [0.15, 0.2) is 22.8 Å². The molecule has 0 unspecified atom stereocenters. The number of piperidine rings is 1. The van der Waals surface area contributed by atoms with E-state index in [4.69, 9.17) is 4.74 Å². The molecule has 4 nitrogen and oxygen atoms in total.